The lowest BCUT2D eigenvalue weighted by Crippen LogP contribution is -2.31. The molecule has 0 spiro atoms. The largest absolute Gasteiger partial charge is 0.273 e. The third-order valence-electron chi connectivity index (χ3n) is 3.89. The minimum atomic E-state index is -0.0957. The van der Waals surface area contributed by atoms with Crippen molar-refractivity contribution in [3.63, 3.8) is 0 Å². The van der Waals surface area contributed by atoms with Crippen LogP contribution in [0.5, 0.6) is 0 Å². The molecule has 0 saturated carbocycles. The molecule has 1 heterocycles. The van der Waals surface area contributed by atoms with Crippen LogP contribution in [0.1, 0.15) is 26.2 Å². The fourth-order valence-corrected chi connectivity index (χ4v) is 4.03. The third kappa shape index (κ3) is 4.38. The first kappa shape index (κ1) is 18.3. The van der Waals surface area contributed by atoms with Crippen molar-refractivity contribution in [1.29, 1.82) is 0 Å². The van der Waals surface area contributed by atoms with E-state index in [4.69, 9.17) is 23.2 Å². The average Bonchev–Trinajstić information content (AvgIpc) is 2.91. The molecule has 0 radical (unpaired) electrons. The molecule has 3 rings (SSSR count). The summed E-state index contributed by atoms with van der Waals surface area (Å²) in [4.78, 5) is 19.3. The van der Waals surface area contributed by atoms with Gasteiger partial charge in [-0.05, 0) is 55.0 Å². The summed E-state index contributed by atoms with van der Waals surface area (Å²) < 4.78 is 0. The molecule has 0 bridgehead atoms. The van der Waals surface area contributed by atoms with Gasteiger partial charge < -0.3 is 0 Å². The zero-order chi connectivity index (χ0) is 17.8. The average molecular weight is 393 g/mol. The van der Waals surface area contributed by atoms with Crippen LogP contribution in [0.25, 0.3) is 0 Å². The third-order valence-corrected chi connectivity index (χ3v) is 5.60. The van der Waals surface area contributed by atoms with Crippen LogP contribution in [0.4, 0.5) is 11.4 Å². The van der Waals surface area contributed by atoms with Gasteiger partial charge in [0.2, 0.25) is 5.91 Å². The number of carbonyl (C=O) groups is 1. The Hall–Kier alpha value is -1.49. The Kier molecular flexibility index (Phi) is 6.05. The van der Waals surface area contributed by atoms with Crippen molar-refractivity contribution in [3.05, 3.63) is 58.6 Å². The summed E-state index contributed by atoms with van der Waals surface area (Å²) in [6.45, 7) is 2.13. The summed E-state index contributed by atoms with van der Waals surface area (Å²) in [5.41, 5.74) is 1.56. The highest BCUT2D eigenvalue weighted by molar-refractivity contribution is 8.16. The Morgan fingerprint density at radius 3 is 2.24 bits per heavy atom. The molecule has 25 heavy (non-hydrogen) atoms. The van der Waals surface area contributed by atoms with Crippen LogP contribution in [0.15, 0.2) is 53.5 Å². The number of amides is 1. The normalized spacial score (nSPS) is 19.0. The van der Waals surface area contributed by atoms with Gasteiger partial charge in [0.05, 0.1) is 16.6 Å². The molecule has 0 aliphatic carbocycles. The van der Waals surface area contributed by atoms with E-state index in [9.17, 15) is 4.79 Å². The zero-order valence-corrected chi connectivity index (χ0v) is 16.1. The van der Waals surface area contributed by atoms with E-state index in [2.05, 4.69) is 11.9 Å². The second-order valence-electron chi connectivity index (χ2n) is 5.77. The molecular formula is C19H18Cl2N2OS. The van der Waals surface area contributed by atoms with E-state index in [0.29, 0.717) is 15.2 Å². The molecule has 1 amide bonds. The van der Waals surface area contributed by atoms with Crippen molar-refractivity contribution in [3.8, 4) is 0 Å². The van der Waals surface area contributed by atoms with Crippen LogP contribution >= 0.6 is 35.0 Å². The van der Waals surface area contributed by atoms with Crippen molar-refractivity contribution in [1.82, 2.24) is 0 Å². The molecular weight excluding hydrogens is 375 g/mol. The van der Waals surface area contributed by atoms with Crippen molar-refractivity contribution in [2.75, 3.05) is 4.90 Å². The number of aliphatic imine (C=N–C) groups is 1. The number of unbranched alkanes of at least 4 members (excludes halogenated alkanes) is 1. The smallest absolute Gasteiger partial charge is 0.246 e. The van der Waals surface area contributed by atoms with E-state index in [0.717, 1.165) is 30.6 Å². The number of hydrogen-bond acceptors (Lipinski definition) is 3. The highest BCUT2D eigenvalue weighted by Crippen LogP contribution is 2.36. The lowest BCUT2D eigenvalue weighted by atomic mass is 10.2. The van der Waals surface area contributed by atoms with Crippen LogP contribution in [0.2, 0.25) is 10.0 Å². The molecule has 6 heteroatoms. The summed E-state index contributed by atoms with van der Waals surface area (Å²) in [7, 11) is 0. The van der Waals surface area contributed by atoms with E-state index < -0.39 is 0 Å². The van der Waals surface area contributed by atoms with E-state index in [1.165, 1.54) is 11.8 Å². The molecule has 1 fully saturated rings. The van der Waals surface area contributed by atoms with E-state index in [1.54, 1.807) is 29.2 Å². The molecule has 1 aliphatic rings. The number of anilines is 1. The number of nitrogens with zero attached hydrogens (tertiary/aromatic N) is 2. The van der Waals surface area contributed by atoms with Gasteiger partial charge in [-0.25, -0.2) is 4.99 Å². The summed E-state index contributed by atoms with van der Waals surface area (Å²) in [5, 5.41) is 1.90. The Balaban J connectivity index is 1.95. The van der Waals surface area contributed by atoms with Gasteiger partial charge in [0.25, 0.3) is 0 Å². The lowest BCUT2D eigenvalue weighted by Gasteiger charge is -2.16. The van der Waals surface area contributed by atoms with Crippen LogP contribution in [-0.4, -0.2) is 16.3 Å². The van der Waals surface area contributed by atoms with E-state index in [-0.39, 0.29) is 11.2 Å². The van der Waals surface area contributed by atoms with Crippen molar-refractivity contribution >= 4 is 57.4 Å². The Labute approximate surface area is 162 Å². The van der Waals surface area contributed by atoms with Crippen LogP contribution in [-0.2, 0) is 4.79 Å². The predicted octanol–water partition coefficient (Wildman–Crippen LogP) is 6.32. The van der Waals surface area contributed by atoms with Crippen molar-refractivity contribution in [2.24, 2.45) is 4.99 Å². The molecule has 1 unspecified atom stereocenters. The first-order valence-electron chi connectivity index (χ1n) is 8.19. The summed E-state index contributed by atoms with van der Waals surface area (Å²) in [6.07, 6.45) is 2.94. The summed E-state index contributed by atoms with van der Waals surface area (Å²) in [6, 6.07) is 14.6. The number of amidine groups is 1. The van der Waals surface area contributed by atoms with Crippen LogP contribution < -0.4 is 4.90 Å². The number of thioether (sulfide) groups is 1. The fourth-order valence-electron chi connectivity index (χ4n) is 2.57. The standard InChI is InChI=1S/C19H18Cl2N2OS/c1-2-3-4-17-18(24)23(16-11-7-14(21)8-12-16)19(25-17)22-15-9-5-13(20)6-10-15/h5-12,17H,2-4H2,1H3. The number of halogens is 2. The number of rotatable bonds is 5. The van der Waals surface area contributed by atoms with Crippen molar-refractivity contribution in [2.45, 2.75) is 31.4 Å². The Bertz CT molecular complexity index is 775. The molecule has 1 atom stereocenters. The van der Waals surface area contributed by atoms with E-state index >= 15 is 0 Å². The van der Waals surface area contributed by atoms with Crippen LogP contribution in [0, 0.1) is 0 Å². The molecule has 2 aromatic carbocycles. The first-order chi connectivity index (χ1) is 12.1. The van der Waals surface area contributed by atoms with Gasteiger partial charge in [0.15, 0.2) is 5.17 Å². The highest BCUT2D eigenvalue weighted by Gasteiger charge is 2.38. The van der Waals surface area contributed by atoms with Gasteiger partial charge in [-0.2, -0.15) is 0 Å². The minimum absolute atomic E-state index is 0.0773. The van der Waals surface area contributed by atoms with E-state index in [1.807, 2.05) is 24.3 Å². The van der Waals surface area contributed by atoms with Crippen LogP contribution in [0.3, 0.4) is 0 Å². The maximum atomic E-state index is 12.9. The van der Waals surface area contributed by atoms with Gasteiger partial charge in [-0.1, -0.05) is 54.7 Å². The summed E-state index contributed by atoms with van der Waals surface area (Å²) >= 11 is 13.4. The molecule has 0 N–H and O–H groups in total. The molecule has 1 saturated heterocycles. The van der Waals surface area contributed by atoms with Gasteiger partial charge in [0, 0.05) is 10.0 Å². The maximum Gasteiger partial charge on any atom is 0.246 e. The monoisotopic (exact) mass is 392 g/mol. The quantitative estimate of drug-likeness (QED) is 0.596. The Morgan fingerprint density at radius 2 is 1.64 bits per heavy atom. The van der Waals surface area contributed by atoms with Gasteiger partial charge >= 0.3 is 0 Å². The van der Waals surface area contributed by atoms with Gasteiger partial charge in [-0.15, -0.1) is 0 Å². The zero-order valence-electron chi connectivity index (χ0n) is 13.8. The second kappa shape index (κ2) is 8.26. The molecule has 0 aromatic heterocycles. The molecule has 3 nitrogen and oxygen atoms in total. The second-order valence-corrected chi connectivity index (χ2v) is 7.81. The predicted molar refractivity (Wildman–Crippen MR) is 108 cm³/mol. The SMILES string of the molecule is CCCCC1SC(=Nc2ccc(Cl)cc2)N(c2ccc(Cl)cc2)C1=O. The minimum Gasteiger partial charge on any atom is -0.273 e. The molecule has 130 valence electrons. The van der Waals surface area contributed by atoms with Gasteiger partial charge in [-0.3, -0.25) is 9.69 Å². The Morgan fingerprint density at radius 1 is 1.04 bits per heavy atom. The fraction of sp³-hybridized carbons (Fsp3) is 0.263. The highest BCUT2D eigenvalue weighted by atomic mass is 35.5. The molecule has 2 aromatic rings. The number of carbonyl (C=O) groups excluding carboxylic acids is 1. The first-order valence-corrected chi connectivity index (χ1v) is 9.82. The van der Waals surface area contributed by atoms with Crippen molar-refractivity contribution < 1.29 is 4.79 Å². The molecule has 1 aliphatic heterocycles. The number of benzene rings is 2. The lowest BCUT2D eigenvalue weighted by molar-refractivity contribution is -0.117. The number of hydrogen-bond donors (Lipinski definition) is 0. The van der Waals surface area contributed by atoms with Gasteiger partial charge in [0.1, 0.15) is 0 Å². The maximum absolute atomic E-state index is 12.9. The topological polar surface area (TPSA) is 32.7 Å². The summed E-state index contributed by atoms with van der Waals surface area (Å²) in [5.74, 6) is 0.0773.